The van der Waals surface area contributed by atoms with Gasteiger partial charge in [-0.15, -0.1) is 0 Å². The molecule has 12 heteroatoms. The number of aromatic nitrogens is 5. The Labute approximate surface area is 194 Å². The number of amides is 1. The summed E-state index contributed by atoms with van der Waals surface area (Å²) < 4.78 is 49.5. The average molecular weight is 523 g/mol. The van der Waals surface area contributed by atoms with E-state index in [4.69, 9.17) is 4.74 Å². The minimum absolute atomic E-state index is 0.0967. The maximum absolute atomic E-state index is 13.8. The van der Waals surface area contributed by atoms with Gasteiger partial charge in [0.15, 0.2) is 17.0 Å². The lowest BCUT2D eigenvalue weighted by Crippen LogP contribution is -2.25. The predicted octanol–water partition coefficient (Wildman–Crippen LogP) is 4.33. The van der Waals surface area contributed by atoms with Crippen LogP contribution >= 0.6 is 15.9 Å². The first-order valence-electron chi connectivity index (χ1n) is 9.82. The molecule has 0 saturated carbocycles. The maximum Gasteiger partial charge on any atom is 0.433 e. The number of ether oxygens (including phenoxy) is 1. The first kappa shape index (κ1) is 22.8. The Bertz CT molecular complexity index is 1310. The second kappa shape index (κ2) is 8.85. The Morgan fingerprint density at radius 2 is 1.94 bits per heavy atom. The zero-order valence-corrected chi connectivity index (χ0v) is 19.1. The smallest absolute Gasteiger partial charge is 0.433 e. The van der Waals surface area contributed by atoms with Crippen molar-refractivity contribution in [1.29, 1.82) is 0 Å². The highest BCUT2D eigenvalue weighted by Gasteiger charge is 2.35. The van der Waals surface area contributed by atoms with Crippen molar-refractivity contribution < 1.29 is 22.7 Å². The summed E-state index contributed by atoms with van der Waals surface area (Å²) in [5, 5.41) is 10.7. The summed E-state index contributed by atoms with van der Waals surface area (Å²) in [6.07, 6.45) is -3.10. The van der Waals surface area contributed by atoms with Crippen LogP contribution in [0.5, 0.6) is 5.75 Å². The summed E-state index contributed by atoms with van der Waals surface area (Å²) in [7, 11) is 1.49. The van der Waals surface area contributed by atoms with Crippen LogP contribution in [0.1, 0.15) is 28.8 Å². The molecule has 3 aromatic heterocycles. The minimum atomic E-state index is -4.71. The zero-order valence-electron chi connectivity index (χ0n) is 17.5. The fraction of sp³-hybridized carbons (Fsp3) is 0.238. The Morgan fingerprint density at radius 3 is 2.58 bits per heavy atom. The van der Waals surface area contributed by atoms with Gasteiger partial charge in [0.05, 0.1) is 35.7 Å². The average Bonchev–Trinajstić information content (AvgIpc) is 3.39. The van der Waals surface area contributed by atoms with E-state index in [1.807, 2.05) is 6.92 Å². The lowest BCUT2D eigenvalue weighted by atomic mass is 10.1. The van der Waals surface area contributed by atoms with Crippen LogP contribution in [-0.4, -0.2) is 37.4 Å². The molecule has 0 saturated heterocycles. The molecule has 0 radical (unpaired) electrons. The Morgan fingerprint density at radius 1 is 1.21 bits per heavy atom. The molecule has 8 nitrogen and oxygen atoms in total. The van der Waals surface area contributed by atoms with Crippen LogP contribution < -0.4 is 10.1 Å². The number of hydrogen-bond donors (Lipinski definition) is 1. The molecule has 3 heterocycles. The molecule has 0 bridgehead atoms. The number of methoxy groups -OCH3 is 1. The van der Waals surface area contributed by atoms with Crippen LogP contribution in [0.25, 0.3) is 16.9 Å². The van der Waals surface area contributed by atoms with Crippen LogP contribution in [0.3, 0.4) is 0 Å². The SMILES string of the molecule is CCn1ncc(Br)c1CNC(=O)c1cc2nc(-c3ccc(OC)cc3)cc(C(F)(F)F)n2n1. The Kier molecular flexibility index (Phi) is 6.11. The first-order chi connectivity index (χ1) is 15.7. The minimum Gasteiger partial charge on any atom is -0.497 e. The van der Waals surface area contributed by atoms with Gasteiger partial charge in [-0.05, 0) is 53.2 Å². The number of halogens is 4. The number of rotatable bonds is 6. The van der Waals surface area contributed by atoms with Gasteiger partial charge in [0, 0.05) is 18.2 Å². The molecule has 0 aliphatic carbocycles. The Balaban J connectivity index is 1.69. The predicted molar refractivity (Wildman–Crippen MR) is 117 cm³/mol. The number of aryl methyl sites for hydroxylation is 1. The van der Waals surface area contributed by atoms with Crippen molar-refractivity contribution in [2.75, 3.05) is 7.11 Å². The zero-order chi connectivity index (χ0) is 23.8. The summed E-state index contributed by atoms with van der Waals surface area (Å²) in [6, 6.07) is 8.60. The van der Waals surface area contributed by atoms with Gasteiger partial charge >= 0.3 is 6.18 Å². The van der Waals surface area contributed by atoms with E-state index in [2.05, 4.69) is 36.4 Å². The number of nitrogens with zero attached hydrogens (tertiary/aromatic N) is 5. The molecule has 0 fully saturated rings. The van der Waals surface area contributed by atoms with Gasteiger partial charge in [0.25, 0.3) is 5.91 Å². The van der Waals surface area contributed by atoms with E-state index in [-0.39, 0.29) is 23.6 Å². The number of fused-ring (bicyclic) bond motifs is 1. The van der Waals surface area contributed by atoms with E-state index >= 15 is 0 Å². The molecular weight excluding hydrogens is 505 g/mol. The molecule has 1 aromatic carbocycles. The number of nitrogens with one attached hydrogen (secondary N) is 1. The molecule has 4 aromatic rings. The van der Waals surface area contributed by atoms with Crippen molar-refractivity contribution in [2.24, 2.45) is 0 Å². The van der Waals surface area contributed by atoms with Crippen LogP contribution in [0.4, 0.5) is 13.2 Å². The molecule has 4 rings (SSSR count). The number of carbonyl (C=O) groups excluding carboxylic acids is 1. The summed E-state index contributed by atoms with van der Waals surface area (Å²) in [6.45, 7) is 2.62. The first-order valence-corrected chi connectivity index (χ1v) is 10.6. The van der Waals surface area contributed by atoms with Gasteiger partial charge in [0.1, 0.15) is 5.75 Å². The van der Waals surface area contributed by atoms with Crippen molar-refractivity contribution in [2.45, 2.75) is 26.2 Å². The number of alkyl halides is 3. The molecule has 172 valence electrons. The van der Waals surface area contributed by atoms with Crippen molar-refractivity contribution in [1.82, 2.24) is 29.7 Å². The van der Waals surface area contributed by atoms with Crippen LogP contribution in [0, 0.1) is 0 Å². The lowest BCUT2D eigenvalue weighted by molar-refractivity contribution is -0.142. The number of benzene rings is 1. The summed E-state index contributed by atoms with van der Waals surface area (Å²) in [5.74, 6) is -0.0642. The number of hydrogen-bond acceptors (Lipinski definition) is 5. The highest BCUT2D eigenvalue weighted by molar-refractivity contribution is 9.10. The topological polar surface area (TPSA) is 86.3 Å². The third kappa shape index (κ3) is 4.56. The van der Waals surface area contributed by atoms with E-state index in [0.29, 0.717) is 26.8 Å². The van der Waals surface area contributed by atoms with E-state index in [9.17, 15) is 18.0 Å². The number of carbonyl (C=O) groups is 1. The lowest BCUT2D eigenvalue weighted by Gasteiger charge is -2.11. The summed E-state index contributed by atoms with van der Waals surface area (Å²) in [5.41, 5.74) is -0.0254. The van der Waals surface area contributed by atoms with Crippen LogP contribution in [-0.2, 0) is 19.3 Å². The van der Waals surface area contributed by atoms with Crippen molar-refractivity contribution in [3.63, 3.8) is 0 Å². The van der Waals surface area contributed by atoms with E-state index < -0.39 is 17.8 Å². The van der Waals surface area contributed by atoms with Crippen molar-refractivity contribution in [3.05, 3.63) is 64.1 Å². The highest BCUT2D eigenvalue weighted by atomic mass is 79.9. The third-order valence-corrected chi connectivity index (χ3v) is 5.61. The van der Waals surface area contributed by atoms with Crippen molar-refractivity contribution >= 4 is 27.5 Å². The molecule has 0 unspecified atom stereocenters. The van der Waals surface area contributed by atoms with Gasteiger partial charge in [-0.1, -0.05) is 0 Å². The van der Waals surface area contributed by atoms with Gasteiger partial charge in [0.2, 0.25) is 0 Å². The van der Waals surface area contributed by atoms with Gasteiger partial charge in [-0.25, -0.2) is 9.50 Å². The summed E-state index contributed by atoms with van der Waals surface area (Å²) >= 11 is 3.37. The molecule has 0 aliphatic heterocycles. The van der Waals surface area contributed by atoms with Crippen molar-refractivity contribution in [3.8, 4) is 17.0 Å². The maximum atomic E-state index is 13.8. The quantitative estimate of drug-likeness (QED) is 0.407. The standard InChI is InChI=1S/C21H18BrF3N6O2/c1-3-30-17(14(22)10-27-30)11-26-20(32)16-9-19-28-15(12-4-6-13(33-2)7-5-12)8-18(21(23,24)25)31(19)29-16/h4-10H,3,11H2,1-2H3,(H,26,32). The summed E-state index contributed by atoms with van der Waals surface area (Å²) in [4.78, 5) is 16.9. The fourth-order valence-electron chi connectivity index (χ4n) is 3.29. The second-order valence-corrected chi connectivity index (χ2v) is 7.84. The Hall–Kier alpha value is -3.41. The molecule has 0 atom stereocenters. The third-order valence-electron chi connectivity index (χ3n) is 4.95. The van der Waals surface area contributed by atoms with Crippen LogP contribution in [0.2, 0.25) is 0 Å². The normalized spacial score (nSPS) is 11.7. The monoisotopic (exact) mass is 522 g/mol. The largest absolute Gasteiger partial charge is 0.497 e. The molecule has 0 spiro atoms. The van der Waals surface area contributed by atoms with Crippen LogP contribution in [0.15, 0.2) is 47.1 Å². The highest BCUT2D eigenvalue weighted by Crippen LogP contribution is 2.32. The second-order valence-electron chi connectivity index (χ2n) is 6.99. The van der Waals surface area contributed by atoms with Gasteiger partial charge in [-0.2, -0.15) is 23.4 Å². The van der Waals surface area contributed by atoms with Gasteiger partial charge < -0.3 is 10.1 Å². The molecular formula is C21H18BrF3N6O2. The van der Waals surface area contributed by atoms with Gasteiger partial charge in [-0.3, -0.25) is 9.48 Å². The fourth-order valence-corrected chi connectivity index (χ4v) is 3.72. The molecule has 1 N–H and O–H groups in total. The molecule has 33 heavy (non-hydrogen) atoms. The molecule has 1 amide bonds. The van der Waals surface area contributed by atoms with E-state index in [0.717, 1.165) is 11.8 Å². The van der Waals surface area contributed by atoms with E-state index in [1.165, 1.54) is 13.2 Å². The molecule has 0 aliphatic rings. The van der Waals surface area contributed by atoms with E-state index in [1.54, 1.807) is 35.1 Å².